The molecule has 1 aliphatic rings. The van der Waals surface area contributed by atoms with Crippen LogP contribution in [-0.2, 0) is 14.3 Å². The van der Waals surface area contributed by atoms with Crippen molar-refractivity contribution in [1.29, 1.82) is 0 Å². The zero-order valence-corrected chi connectivity index (χ0v) is 10.7. The molecule has 0 N–H and O–H groups in total. The Bertz CT molecular complexity index is 270. The van der Waals surface area contributed by atoms with Crippen LogP contribution in [-0.4, -0.2) is 17.9 Å². The first kappa shape index (κ1) is 13.2. The summed E-state index contributed by atoms with van der Waals surface area (Å²) in [5, 5.41) is 0. The highest BCUT2D eigenvalue weighted by atomic mass is 16.5. The fraction of sp³-hybridized carbons (Fsp3) is 0.846. The van der Waals surface area contributed by atoms with Crippen LogP contribution in [0.4, 0.5) is 0 Å². The van der Waals surface area contributed by atoms with Crippen LogP contribution in [0.15, 0.2) is 0 Å². The topological polar surface area (TPSA) is 43.4 Å². The van der Waals surface area contributed by atoms with Gasteiger partial charge in [-0.3, -0.25) is 9.59 Å². The molecule has 1 aliphatic carbocycles. The molecule has 0 unspecified atom stereocenters. The predicted octanol–water partition coefficient (Wildman–Crippen LogP) is 2.58. The Morgan fingerprint density at radius 3 is 2.38 bits per heavy atom. The summed E-state index contributed by atoms with van der Waals surface area (Å²) in [6.45, 7) is 7.37. The lowest BCUT2D eigenvalue weighted by Crippen LogP contribution is -2.37. The van der Waals surface area contributed by atoms with Crippen LogP contribution in [0.25, 0.3) is 0 Å². The minimum Gasteiger partial charge on any atom is -0.461 e. The second kappa shape index (κ2) is 5.46. The number of rotatable bonds is 3. The van der Waals surface area contributed by atoms with Crippen LogP contribution in [0, 0.1) is 17.8 Å². The van der Waals surface area contributed by atoms with Crippen molar-refractivity contribution in [1.82, 2.24) is 0 Å². The van der Waals surface area contributed by atoms with Crippen molar-refractivity contribution in [2.45, 2.75) is 53.1 Å². The second-order valence-electron chi connectivity index (χ2n) is 5.27. The van der Waals surface area contributed by atoms with E-state index in [-0.39, 0.29) is 29.7 Å². The number of Topliss-reactive ketones (excluding diaryl/α,β-unsaturated/α-hetero) is 1. The van der Waals surface area contributed by atoms with E-state index in [0.29, 0.717) is 5.92 Å². The summed E-state index contributed by atoms with van der Waals surface area (Å²) in [7, 11) is 0. The van der Waals surface area contributed by atoms with Gasteiger partial charge >= 0.3 is 5.97 Å². The Balaban J connectivity index is 2.64. The Hall–Kier alpha value is -0.860. The number of hydrogen-bond donors (Lipinski definition) is 0. The maximum atomic E-state index is 11.6. The zero-order valence-electron chi connectivity index (χ0n) is 10.7. The third kappa shape index (κ3) is 3.32. The third-order valence-electron chi connectivity index (χ3n) is 3.32. The van der Waals surface area contributed by atoms with Crippen molar-refractivity contribution in [3.8, 4) is 0 Å². The fourth-order valence-corrected chi connectivity index (χ4v) is 2.21. The molecule has 0 bridgehead atoms. The van der Waals surface area contributed by atoms with Gasteiger partial charge in [0.2, 0.25) is 0 Å². The number of hydrogen-bond acceptors (Lipinski definition) is 3. The van der Waals surface area contributed by atoms with E-state index in [1.165, 1.54) is 0 Å². The van der Waals surface area contributed by atoms with Crippen molar-refractivity contribution in [2.75, 3.05) is 0 Å². The largest absolute Gasteiger partial charge is 0.461 e. The highest BCUT2D eigenvalue weighted by Crippen LogP contribution is 2.31. The van der Waals surface area contributed by atoms with Crippen LogP contribution in [0.1, 0.15) is 47.0 Å². The standard InChI is InChI=1S/C13H22O3/c1-8(2)13(15)16-12-7-9(3)5-6-11(12)10(4)14/h8-9,11-12H,5-7H2,1-4H3/t9-,11+,12-/m1/s1. The average Bonchev–Trinajstić information content (AvgIpc) is 2.16. The van der Waals surface area contributed by atoms with Crippen molar-refractivity contribution in [3.63, 3.8) is 0 Å². The molecule has 0 radical (unpaired) electrons. The molecule has 0 aromatic heterocycles. The third-order valence-corrected chi connectivity index (χ3v) is 3.32. The molecule has 0 aliphatic heterocycles. The van der Waals surface area contributed by atoms with E-state index < -0.39 is 0 Å². The van der Waals surface area contributed by atoms with Gasteiger partial charge in [-0.05, 0) is 32.1 Å². The average molecular weight is 226 g/mol. The predicted molar refractivity (Wildman–Crippen MR) is 61.9 cm³/mol. The van der Waals surface area contributed by atoms with Crippen LogP contribution < -0.4 is 0 Å². The van der Waals surface area contributed by atoms with E-state index in [9.17, 15) is 9.59 Å². The van der Waals surface area contributed by atoms with Crippen LogP contribution in [0.2, 0.25) is 0 Å². The van der Waals surface area contributed by atoms with Gasteiger partial charge in [0.05, 0.1) is 11.8 Å². The molecule has 1 saturated carbocycles. The number of ketones is 1. The second-order valence-corrected chi connectivity index (χ2v) is 5.27. The summed E-state index contributed by atoms with van der Waals surface area (Å²) in [5.41, 5.74) is 0. The maximum Gasteiger partial charge on any atom is 0.308 e. The molecule has 92 valence electrons. The number of carbonyl (C=O) groups excluding carboxylic acids is 2. The minimum atomic E-state index is -0.198. The molecule has 1 rings (SSSR count). The normalized spacial score (nSPS) is 30.2. The van der Waals surface area contributed by atoms with Gasteiger partial charge in [-0.2, -0.15) is 0 Å². The molecule has 0 spiro atoms. The molecule has 0 saturated heterocycles. The molecule has 0 heterocycles. The van der Waals surface area contributed by atoms with Gasteiger partial charge in [0.25, 0.3) is 0 Å². The van der Waals surface area contributed by atoms with Crippen LogP contribution in [0.5, 0.6) is 0 Å². The van der Waals surface area contributed by atoms with Crippen LogP contribution >= 0.6 is 0 Å². The summed E-state index contributed by atoms with van der Waals surface area (Å²) >= 11 is 0. The Kier molecular flexibility index (Phi) is 4.51. The van der Waals surface area contributed by atoms with E-state index in [1.54, 1.807) is 6.92 Å². The quantitative estimate of drug-likeness (QED) is 0.695. The minimum absolute atomic E-state index is 0.0844. The first-order valence-electron chi connectivity index (χ1n) is 6.12. The zero-order chi connectivity index (χ0) is 12.3. The van der Waals surface area contributed by atoms with Crippen LogP contribution in [0.3, 0.4) is 0 Å². The molecule has 1 fully saturated rings. The highest BCUT2D eigenvalue weighted by molar-refractivity contribution is 5.80. The summed E-state index contributed by atoms with van der Waals surface area (Å²) in [4.78, 5) is 23.0. The molecule has 3 atom stereocenters. The molecule has 3 nitrogen and oxygen atoms in total. The number of esters is 1. The van der Waals surface area contributed by atoms with Gasteiger partial charge in [0.15, 0.2) is 0 Å². The Labute approximate surface area is 97.5 Å². The summed E-state index contributed by atoms with van der Waals surface area (Å²) in [5.74, 6) is 0.295. The number of carbonyl (C=O) groups is 2. The van der Waals surface area contributed by atoms with E-state index in [4.69, 9.17) is 4.74 Å². The summed E-state index contributed by atoms with van der Waals surface area (Å²) in [6.07, 6.45) is 2.53. The number of ether oxygens (including phenoxy) is 1. The van der Waals surface area contributed by atoms with Crippen molar-refractivity contribution in [2.24, 2.45) is 17.8 Å². The van der Waals surface area contributed by atoms with Gasteiger partial charge in [0.1, 0.15) is 11.9 Å². The molecule has 16 heavy (non-hydrogen) atoms. The van der Waals surface area contributed by atoms with Gasteiger partial charge in [-0.15, -0.1) is 0 Å². The first-order valence-corrected chi connectivity index (χ1v) is 6.12. The van der Waals surface area contributed by atoms with Crippen molar-refractivity contribution in [3.05, 3.63) is 0 Å². The summed E-state index contributed by atoms with van der Waals surface area (Å²) in [6, 6.07) is 0. The molecule has 0 amide bonds. The fourth-order valence-electron chi connectivity index (χ4n) is 2.21. The summed E-state index contributed by atoms with van der Waals surface area (Å²) < 4.78 is 5.44. The van der Waals surface area contributed by atoms with Crippen molar-refractivity contribution < 1.29 is 14.3 Å². The lowest BCUT2D eigenvalue weighted by molar-refractivity contribution is -0.159. The molecular weight excluding hydrogens is 204 g/mol. The van der Waals surface area contributed by atoms with Gasteiger partial charge in [-0.1, -0.05) is 20.8 Å². The molecular formula is C13H22O3. The first-order chi connectivity index (χ1) is 7.41. The molecule has 0 aromatic carbocycles. The Morgan fingerprint density at radius 1 is 1.25 bits per heavy atom. The van der Waals surface area contributed by atoms with E-state index in [2.05, 4.69) is 6.92 Å². The van der Waals surface area contributed by atoms with E-state index in [1.807, 2.05) is 13.8 Å². The van der Waals surface area contributed by atoms with Gasteiger partial charge in [0, 0.05) is 0 Å². The molecule has 0 aromatic rings. The lowest BCUT2D eigenvalue weighted by Gasteiger charge is -2.33. The van der Waals surface area contributed by atoms with Gasteiger partial charge in [-0.25, -0.2) is 0 Å². The molecule has 3 heteroatoms. The lowest BCUT2D eigenvalue weighted by atomic mass is 9.79. The smallest absolute Gasteiger partial charge is 0.308 e. The SMILES string of the molecule is CC(=O)[C@@H]1CC[C@@H](C)C[C@H]1OC(=O)C(C)C. The monoisotopic (exact) mass is 226 g/mol. The van der Waals surface area contributed by atoms with Crippen molar-refractivity contribution >= 4 is 11.8 Å². The van der Waals surface area contributed by atoms with Gasteiger partial charge < -0.3 is 4.74 Å². The van der Waals surface area contributed by atoms with E-state index in [0.717, 1.165) is 19.3 Å². The maximum absolute atomic E-state index is 11.6. The van der Waals surface area contributed by atoms with E-state index >= 15 is 0 Å². The highest BCUT2D eigenvalue weighted by Gasteiger charge is 2.34. The Morgan fingerprint density at radius 2 is 1.88 bits per heavy atom.